The van der Waals surface area contributed by atoms with Crippen LogP contribution in [0.4, 0.5) is 11.4 Å². The zero-order valence-electron chi connectivity index (χ0n) is 18.7. The first-order chi connectivity index (χ1) is 15.0. The van der Waals surface area contributed by atoms with Gasteiger partial charge < -0.3 is 15.1 Å². The summed E-state index contributed by atoms with van der Waals surface area (Å²) in [6.07, 6.45) is 9.62. The van der Waals surface area contributed by atoms with Crippen LogP contribution >= 0.6 is 0 Å². The van der Waals surface area contributed by atoms with Gasteiger partial charge in [0.15, 0.2) is 0 Å². The van der Waals surface area contributed by atoms with Crippen molar-refractivity contribution >= 4 is 29.1 Å². The van der Waals surface area contributed by atoms with E-state index in [0.717, 1.165) is 57.2 Å². The number of carbonyl (C=O) groups excluding carboxylic acids is 3. The fourth-order valence-electron chi connectivity index (χ4n) is 5.15. The second kappa shape index (κ2) is 9.28. The van der Waals surface area contributed by atoms with Gasteiger partial charge in [0.2, 0.25) is 11.8 Å². The maximum Gasteiger partial charge on any atom is 0.253 e. The van der Waals surface area contributed by atoms with Crippen molar-refractivity contribution in [3.05, 3.63) is 23.8 Å². The third-order valence-electron chi connectivity index (χ3n) is 6.80. The summed E-state index contributed by atoms with van der Waals surface area (Å²) in [4.78, 5) is 44.2. The topological polar surface area (TPSA) is 73.0 Å². The van der Waals surface area contributed by atoms with Crippen LogP contribution in [0, 0.1) is 0 Å². The van der Waals surface area contributed by atoms with Gasteiger partial charge in [-0.2, -0.15) is 0 Å². The molecule has 1 aromatic carbocycles. The monoisotopic (exact) mass is 426 g/mol. The molecule has 168 valence electrons. The normalized spacial score (nSPS) is 21.7. The number of hydrogen-bond donors (Lipinski definition) is 1. The van der Waals surface area contributed by atoms with Crippen LogP contribution in [0.15, 0.2) is 18.2 Å². The highest BCUT2D eigenvalue weighted by molar-refractivity contribution is 6.09. The number of hydrogen-bond acceptors (Lipinski definition) is 4. The van der Waals surface area contributed by atoms with Crippen molar-refractivity contribution in [3.63, 3.8) is 0 Å². The molecule has 2 heterocycles. The van der Waals surface area contributed by atoms with E-state index in [-0.39, 0.29) is 36.3 Å². The van der Waals surface area contributed by atoms with Crippen molar-refractivity contribution in [2.24, 2.45) is 0 Å². The fraction of sp³-hybridized carbons (Fsp3) is 0.625. The van der Waals surface area contributed by atoms with Gasteiger partial charge in [-0.15, -0.1) is 0 Å². The van der Waals surface area contributed by atoms with Crippen LogP contribution in [0.3, 0.4) is 0 Å². The predicted octanol–water partition coefficient (Wildman–Crippen LogP) is 2.93. The van der Waals surface area contributed by atoms with Gasteiger partial charge in [0.05, 0.1) is 11.4 Å². The van der Waals surface area contributed by atoms with Crippen LogP contribution in [-0.4, -0.2) is 61.9 Å². The highest BCUT2D eigenvalue weighted by atomic mass is 16.2. The molecule has 31 heavy (non-hydrogen) atoms. The van der Waals surface area contributed by atoms with Crippen molar-refractivity contribution in [1.29, 1.82) is 0 Å². The summed E-state index contributed by atoms with van der Waals surface area (Å²) < 4.78 is 0. The van der Waals surface area contributed by atoms with Crippen molar-refractivity contribution in [2.75, 3.05) is 37.0 Å². The lowest BCUT2D eigenvalue weighted by molar-refractivity contribution is -0.125. The first-order valence-corrected chi connectivity index (χ1v) is 11.7. The zero-order chi connectivity index (χ0) is 22.0. The average Bonchev–Trinajstić information content (AvgIpc) is 3.04. The Kier molecular flexibility index (Phi) is 6.49. The summed E-state index contributed by atoms with van der Waals surface area (Å²) in [5, 5.41) is 3.16. The zero-order valence-corrected chi connectivity index (χ0v) is 18.7. The van der Waals surface area contributed by atoms with Gasteiger partial charge in [-0.1, -0.05) is 25.7 Å². The van der Waals surface area contributed by atoms with E-state index in [1.54, 1.807) is 25.1 Å². The standard InChI is InChI=1S/C24H34N4O3/c1-26(2)23(30)17-12-13-19-21(15-17)28(24(31)20-11-7-8-14-27(19)20)16-22(29)25-18-9-5-3-4-6-10-18/h12-13,15,18,20H,3-11,14,16H2,1-2H3,(H,25,29). The number of anilines is 2. The summed E-state index contributed by atoms with van der Waals surface area (Å²) in [5.41, 5.74) is 2.15. The van der Waals surface area contributed by atoms with Crippen molar-refractivity contribution in [2.45, 2.75) is 69.9 Å². The SMILES string of the molecule is CN(C)C(=O)c1ccc2c(c1)N(CC(=O)NC1CCCCCC1)C(=O)C1CCCCN21. The van der Waals surface area contributed by atoms with E-state index in [4.69, 9.17) is 0 Å². The summed E-state index contributed by atoms with van der Waals surface area (Å²) in [6.45, 7) is 0.832. The molecule has 1 saturated carbocycles. The molecular weight excluding hydrogens is 392 g/mol. The van der Waals surface area contributed by atoms with Gasteiger partial charge in [-0.3, -0.25) is 19.3 Å². The lowest BCUT2D eigenvalue weighted by atomic mass is 9.95. The minimum Gasteiger partial charge on any atom is -0.358 e. The molecule has 2 fully saturated rings. The van der Waals surface area contributed by atoms with Gasteiger partial charge in [-0.05, 0) is 50.3 Å². The van der Waals surface area contributed by atoms with E-state index < -0.39 is 0 Å². The van der Waals surface area contributed by atoms with Crippen LogP contribution in [-0.2, 0) is 9.59 Å². The number of nitrogens with zero attached hydrogens (tertiary/aromatic N) is 3. The number of fused-ring (bicyclic) bond motifs is 3. The molecule has 1 N–H and O–H groups in total. The Morgan fingerprint density at radius 1 is 1.00 bits per heavy atom. The lowest BCUT2D eigenvalue weighted by Gasteiger charge is -2.45. The lowest BCUT2D eigenvalue weighted by Crippen LogP contribution is -2.57. The molecule has 1 unspecified atom stereocenters. The third kappa shape index (κ3) is 4.55. The van der Waals surface area contributed by atoms with Crippen LogP contribution < -0.4 is 15.1 Å². The molecule has 7 heteroatoms. The van der Waals surface area contributed by atoms with E-state index >= 15 is 0 Å². The second-order valence-corrected chi connectivity index (χ2v) is 9.29. The van der Waals surface area contributed by atoms with Crippen molar-refractivity contribution in [1.82, 2.24) is 10.2 Å². The molecule has 1 atom stereocenters. The fourth-order valence-corrected chi connectivity index (χ4v) is 5.15. The molecule has 0 bridgehead atoms. The van der Waals surface area contributed by atoms with Gasteiger partial charge in [-0.25, -0.2) is 0 Å². The Bertz CT molecular complexity index is 845. The molecule has 3 aliphatic rings. The molecule has 1 aliphatic carbocycles. The second-order valence-electron chi connectivity index (χ2n) is 9.29. The third-order valence-corrected chi connectivity index (χ3v) is 6.80. The molecule has 0 spiro atoms. The predicted molar refractivity (Wildman–Crippen MR) is 121 cm³/mol. The summed E-state index contributed by atoms with van der Waals surface area (Å²) in [7, 11) is 3.43. The van der Waals surface area contributed by atoms with Crippen LogP contribution in [0.1, 0.15) is 68.1 Å². The number of carbonyl (C=O) groups is 3. The van der Waals surface area contributed by atoms with Crippen molar-refractivity contribution < 1.29 is 14.4 Å². The maximum absolute atomic E-state index is 13.4. The molecule has 3 amide bonds. The molecule has 0 aromatic heterocycles. The highest BCUT2D eigenvalue weighted by Crippen LogP contribution is 2.40. The quantitative estimate of drug-likeness (QED) is 0.752. The van der Waals surface area contributed by atoms with E-state index in [2.05, 4.69) is 10.2 Å². The Morgan fingerprint density at radius 3 is 2.42 bits per heavy atom. The number of rotatable bonds is 4. The molecular formula is C24H34N4O3. The van der Waals surface area contributed by atoms with Gasteiger partial charge in [0.25, 0.3) is 5.91 Å². The molecule has 7 nitrogen and oxygen atoms in total. The minimum atomic E-state index is -0.220. The van der Waals surface area contributed by atoms with E-state index in [0.29, 0.717) is 11.3 Å². The summed E-state index contributed by atoms with van der Waals surface area (Å²) >= 11 is 0. The number of benzene rings is 1. The molecule has 1 saturated heterocycles. The first-order valence-electron chi connectivity index (χ1n) is 11.7. The number of nitrogens with one attached hydrogen (secondary N) is 1. The summed E-state index contributed by atoms with van der Waals surface area (Å²) in [6, 6.07) is 5.52. The Morgan fingerprint density at radius 2 is 1.71 bits per heavy atom. The number of amides is 3. The smallest absolute Gasteiger partial charge is 0.253 e. The van der Waals surface area contributed by atoms with Crippen LogP contribution in [0.25, 0.3) is 0 Å². The average molecular weight is 427 g/mol. The van der Waals surface area contributed by atoms with Crippen LogP contribution in [0.2, 0.25) is 0 Å². The van der Waals surface area contributed by atoms with E-state index in [1.807, 2.05) is 12.1 Å². The van der Waals surface area contributed by atoms with Crippen LogP contribution in [0.5, 0.6) is 0 Å². The largest absolute Gasteiger partial charge is 0.358 e. The van der Waals surface area contributed by atoms with Gasteiger partial charge in [0, 0.05) is 32.2 Å². The summed E-state index contributed by atoms with van der Waals surface area (Å²) in [5.74, 6) is -0.253. The Labute approximate surface area is 184 Å². The Balaban J connectivity index is 1.61. The number of piperidine rings is 1. The maximum atomic E-state index is 13.4. The molecule has 1 aromatic rings. The van der Waals surface area contributed by atoms with Crippen molar-refractivity contribution in [3.8, 4) is 0 Å². The molecule has 0 radical (unpaired) electrons. The molecule has 2 aliphatic heterocycles. The Hall–Kier alpha value is -2.57. The van der Waals surface area contributed by atoms with Gasteiger partial charge in [0.1, 0.15) is 12.6 Å². The first kappa shape index (κ1) is 21.7. The van der Waals surface area contributed by atoms with E-state index in [9.17, 15) is 14.4 Å². The van der Waals surface area contributed by atoms with E-state index in [1.165, 1.54) is 17.7 Å². The molecule has 4 rings (SSSR count). The highest BCUT2D eigenvalue weighted by Gasteiger charge is 2.40. The van der Waals surface area contributed by atoms with Gasteiger partial charge >= 0.3 is 0 Å². The minimum absolute atomic E-state index is 0.00623.